The van der Waals surface area contributed by atoms with Crippen LogP contribution in [0.25, 0.3) is 0 Å². The minimum atomic E-state index is -1.82. The molecule has 0 heterocycles. The van der Waals surface area contributed by atoms with Crippen LogP contribution in [-0.2, 0) is 4.43 Å². The molecule has 0 aliphatic carbocycles. The second-order valence-electron chi connectivity index (χ2n) is 8.19. The molecule has 2 heteroatoms. The normalized spacial score (nSPS) is 15.9. The van der Waals surface area contributed by atoms with E-state index in [9.17, 15) is 0 Å². The highest BCUT2D eigenvalue weighted by molar-refractivity contribution is 6.77. The molecule has 0 bridgehead atoms. The molecular formula is C20H42OSi. The molecule has 0 aliphatic rings. The number of rotatable bonds is 11. The van der Waals surface area contributed by atoms with Gasteiger partial charge in [-0.1, -0.05) is 81.2 Å². The van der Waals surface area contributed by atoms with Crippen LogP contribution in [0.3, 0.4) is 0 Å². The predicted molar refractivity (Wildman–Crippen MR) is 104 cm³/mol. The van der Waals surface area contributed by atoms with Gasteiger partial charge in [-0.25, -0.2) is 0 Å². The Balaban J connectivity index is 5.52. The molecule has 0 amide bonds. The fourth-order valence-corrected chi connectivity index (χ4v) is 9.95. The molecule has 0 aromatic carbocycles. The van der Waals surface area contributed by atoms with Crippen molar-refractivity contribution in [2.45, 2.75) is 104 Å². The van der Waals surface area contributed by atoms with Crippen LogP contribution in [0.2, 0.25) is 16.6 Å². The van der Waals surface area contributed by atoms with E-state index in [0.29, 0.717) is 34.6 Å². The van der Waals surface area contributed by atoms with Crippen LogP contribution < -0.4 is 0 Å². The Bertz CT molecular complexity index is 285. The maximum Gasteiger partial charge on any atom is 0.200 e. The van der Waals surface area contributed by atoms with Gasteiger partial charge in [-0.3, -0.25) is 0 Å². The Labute approximate surface area is 142 Å². The molecule has 1 nitrogen and oxygen atoms in total. The zero-order valence-corrected chi connectivity index (χ0v) is 17.8. The van der Waals surface area contributed by atoms with E-state index in [1.165, 1.54) is 19.3 Å². The summed E-state index contributed by atoms with van der Waals surface area (Å²) in [5.41, 5.74) is 1.93. The van der Waals surface area contributed by atoms with Crippen molar-refractivity contribution in [1.29, 1.82) is 0 Å². The molecule has 132 valence electrons. The predicted octanol–water partition coefficient (Wildman–Crippen LogP) is 7.20. The fraction of sp³-hybridized carbons (Fsp3) is 0.900. The first-order valence-electron chi connectivity index (χ1n) is 9.45. The van der Waals surface area contributed by atoms with Crippen molar-refractivity contribution in [3.63, 3.8) is 0 Å². The van der Waals surface area contributed by atoms with Gasteiger partial charge in [0.1, 0.15) is 0 Å². The molecule has 0 aromatic rings. The van der Waals surface area contributed by atoms with Gasteiger partial charge < -0.3 is 4.43 Å². The summed E-state index contributed by atoms with van der Waals surface area (Å²) in [4.78, 5) is 0. The average molecular weight is 327 g/mol. The van der Waals surface area contributed by atoms with Crippen molar-refractivity contribution < 1.29 is 4.43 Å². The van der Waals surface area contributed by atoms with E-state index in [2.05, 4.69) is 75.0 Å². The van der Waals surface area contributed by atoms with E-state index in [1.54, 1.807) is 0 Å². The highest BCUT2D eigenvalue weighted by Crippen LogP contribution is 2.44. The largest absolute Gasteiger partial charge is 0.412 e. The third-order valence-corrected chi connectivity index (χ3v) is 11.4. The van der Waals surface area contributed by atoms with Crippen LogP contribution >= 0.6 is 0 Å². The van der Waals surface area contributed by atoms with Gasteiger partial charge in [0.15, 0.2) is 0 Å². The molecule has 22 heavy (non-hydrogen) atoms. The standard InChI is InChI=1S/C20H42OSi/c1-11-13-14-19(12-2)20(15(3)4)21-22(16(5)6,17(7)8)18(9)10/h12,15-20H,2,11,13-14H2,1,3-10H3/t19-,20+/m0/s1. The Kier molecular flexibility index (Phi) is 9.89. The lowest BCUT2D eigenvalue weighted by atomic mass is 9.89. The molecule has 0 fully saturated rings. The number of hydrogen-bond donors (Lipinski definition) is 0. The van der Waals surface area contributed by atoms with Gasteiger partial charge in [0, 0.05) is 5.92 Å². The third-order valence-electron chi connectivity index (χ3n) is 5.32. The molecule has 0 saturated heterocycles. The van der Waals surface area contributed by atoms with E-state index in [4.69, 9.17) is 4.43 Å². The molecule has 0 spiro atoms. The van der Waals surface area contributed by atoms with E-state index in [0.717, 1.165) is 0 Å². The van der Waals surface area contributed by atoms with Crippen molar-refractivity contribution in [2.24, 2.45) is 11.8 Å². The Hall–Kier alpha value is -0.0831. The summed E-state index contributed by atoms with van der Waals surface area (Å²) in [6, 6.07) is 0. The SMILES string of the molecule is C=C[C@@H](CCCC)[C@H](O[Si](C(C)C)(C(C)C)C(C)C)C(C)C. The average Bonchev–Trinajstić information content (AvgIpc) is 2.40. The third kappa shape index (κ3) is 5.23. The van der Waals surface area contributed by atoms with Crippen LogP contribution in [-0.4, -0.2) is 14.4 Å². The molecule has 0 rings (SSSR count). The second-order valence-corrected chi connectivity index (χ2v) is 13.6. The monoisotopic (exact) mass is 326 g/mol. The zero-order chi connectivity index (χ0) is 17.5. The first kappa shape index (κ1) is 21.9. The van der Waals surface area contributed by atoms with Crippen molar-refractivity contribution in [2.75, 3.05) is 0 Å². The van der Waals surface area contributed by atoms with Gasteiger partial charge in [-0.2, -0.15) is 0 Å². The topological polar surface area (TPSA) is 9.23 Å². The van der Waals surface area contributed by atoms with Gasteiger partial charge in [0.2, 0.25) is 8.32 Å². The van der Waals surface area contributed by atoms with Crippen LogP contribution in [0.1, 0.15) is 81.6 Å². The van der Waals surface area contributed by atoms with Crippen molar-refractivity contribution in [3.05, 3.63) is 12.7 Å². The minimum absolute atomic E-state index is 0.322. The number of hydrogen-bond acceptors (Lipinski definition) is 1. The molecule has 0 aromatic heterocycles. The van der Waals surface area contributed by atoms with E-state index >= 15 is 0 Å². The first-order valence-corrected chi connectivity index (χ1v) is 11.6. The molecule has 0 N–H and O–H groups in total. The highest BCUT2D eigenvalue weighted by Gasteiger charge is 2.47. The minimum Gasteiger partial charge on any atom is -0.412 e. The van der Waals surface area contributed by atoms with Gasteiger partial charge in [0.25, 0.3) is 0 Å². The maximum atomic E-state index is 7.10. The summed E-state index contributed by atoms with van der Waals surface area (Å²) in [5, 5.41) is 0. The van der Waals surface area contributed by atoms with E-state index in [-0.39, 0.29) is 0 Å². The van der Waals surface area contributed by atoms with Crippen molar-refractivity contribution in [1.82, 2.24) is 0 Å². The molecule has 0 aliphatic heterocycles. The lowest BCUT2D eigenvalue weighted by Crippen LogP contribution is -2.52. The maximum absolute atomic E-state index is 7.10. The Morgan fingerprint density at radius 3 is 1.64 bits per heavy atom. The molecule has 0 saturated carbocycles. The lowest BCUT2D eigenvalue weighted by Gasteiger charge is -2.47. The Morgan fingerprint density at radius 1 is 0.909 bits per heavy atom. The molecule has 2 atom stereocenters. The Morgan fingerprint density at radius 2 is 1.36 bits per heavy atom. The van der Waals surface area contributed by atoms with E-state index in [1.807, 2.05) is 0 Å². The summed E-state index contributed by atoms with van der Waals surface area (Å²) in [6.45, 7) is 25.2. The summed E-state index contributed by atoms with van der Waals surface area (Å²) in [5.74, 6) is 1.03. The van der Waals surface area contributed by atoms with Gasteiger partial charge in [0.05, 0.1) is 6.10 Å². The van der Waals surface area contributed by atoms with Crippen LogP contribution in [0.4, 0.5) is 0 Å². The first-order chi connectivity index (χ1) is 10.1. The van der Waals surface area contributed by atoms with Gasteiger partial charge >= 0.3 is 0 Å². The molecule has 0 radical (unpaired) electrons. The van der Waals surface area contributed by atoms with Gasteiger partial charge in [-0.15, -0.1) is 6.58 Å². The van der Waals surface area contributed by atoms with Crippen molar-refractivity contribution >= 4 is 8.32 Å². The highest BCUT2D eigenvalue weighted by atomic mass is 28.4. The van der Waals surface area contributed by atoms with E-state index < -0.39 is 8.32 Å². The smallest absolute Gasteiger partial charge is 0.200 e. The molecule has 0 unspecified atom stereocenters. The fourth-order valence-electron chi connectivity index (χ4n) is 4.22. The zero-order valence-electron chi connectivity index (χ0n) is 16.8. The van der Waals surface area contributed by atoms with Crippen LogP contribution in [0.5, 0.6) is 0 Å². The summed E-state index contributed by atoms with van der Waals surface area (Å²) < 4.78 is 7.10. The second kappa shape index (κ2) is 9.92. The van der Waals surface area contributed by atoms with Crippen LogP contribution in [0, 0.1) is 11.8 Å². The summed E-state index contributed by atoms with van der Waals surface area (Å²) >= 11 is 0. The molecular weight excluding hydrogens is 284 g/mol. The van der Waals surface area contributed by atoms with Crippen molar-refractivity contribution in [3.8, 4) is 0 Å². The number of unbranched alkanes of at least 4 members (excludes halogenated alkanes) is 1. The lowest BCUT2D eigenvalue weighted by molar-refractivity contribution is 0.0846. The van der Waals surface area contributed by atoms with Gasteiger partial charge in [-0.05, 0) is 29.0 Å². The summed E-state index contributed by atoms with van der Waals surface area (Å²) in [7, 11) is -1.82. The summed E-state index contributed by atoms with van der Waals surface area (Å²) in [6.07, 6.45) is 6.20. The van der Waals surface area contributed by atoms with Crippen LogP contribution in [0.15, 0.2) is 12.7 Å². The quantitative estimate of drug-likeness (QED) is 0.288.